The molecule has 144 valence electrons. The van der Waals surface area contributed by atoms with Crippen molar-refractivity contribution in [1.29, 1.82) is 0 Å². The van der Waals surface area contributed by atoms with E-state index in [1.165, 1.54) is 5.56 Å². The van der Waals surface area contributed by atoms with Crippen LogP contribution in [0.3, 0.4) is 0 Å². The first-order valence-corrected chi connectivity index (χ1v) is 9.70. The third-order valence-electron chi connectivity index (χ3n) is 5.82. The van der Waals surface area contributed by atoms with Crippen LogP contribution in [0.4, 0.5) is 4.79 Å². The third-order valence-corrected chi connectivity index (χ3v) is 5.82. The Kier molecular flexibility index (Phi) is 4.86. The topological polar surface area (TPSA) is 83.3 Å². The first kappa shape index (κ1) is 18.0. The zero-order valence-corrected chi connectivity index (χ0v) is 15.9. The maximum atomic E-state index is 12.0. The molecule has 1 aliphatic heterocycles. The maximum absolute atomic E-state index is 12.0. The minimum atomic E-state index is -0.180. The van der Waals surface area contributed by atoms with Crippen molar-refractivity contribution >= 4 is 6.03 Å². The van der Waals surface area contributed by atoms with Crippen LogP contribution in [0.2, 0.25) is 0 Å². The van der Waals surface area contributed by atoms with E-state index in [-0.39, 0.29) is 17.5 Å². The standard InChI is InChI=1S/C20H27N5O2/c1-3-21-19(26)23-17-9-16-12-25(11-15-7-5-4-6-8-15)13-20(16,10-17)18-22-14(2)24-27-18/h4-8,16-17H,3,9-13H2,1-2H3,(H2,21,23,26). The lowest BCUT2D eigenvalue weighted by atomic mass is 9.80. The number of carbonyl (C=O) groups is 1. The molecule has 7 nitrogen and oxygen atoms in total. The third kappa shape index (κ3) is 3.56. The summed E-state index contributed by atoms with van der Waals surface area (Å²) in [5, 5.41) is 9.98. The van der Waals surface area contributed by atoms with Crippen LogP contribution >= 0.6 is 0 Å². The van der Waals surface area contributed by atoms with Gasteiger partial charge in [-0.3, -0.25) is 4.90 Å². The van der Waals surface area contributed by atoms with E-state index in [9.17, 15) is 4.79 Å². The van der Waals surface area contributed by atoms with E-state index in [0.717, 1.165) is 38.4 Å². The lowest BCUT2D eigenvalue weighted by Crippen LogP contribution is -2.42. The molecule has 1 saturated carbocycles. The number of carbonyl (C=O) groups excluding carboxylic acids is 1. The molecule has 1 aliphatic carbocycles. The average Bonchev–Trinajstić information content (AvgIpc) is 3.29. The van der Waals surface area contributed by atoms with Gasteiger partial charge in [0.05, 0.1) is 5.41 Å². The van der Waals surface area contributed by atoms with E-state index in [0.29, 0.717) is 18.3 Å². The largest absolute Gasteiger partial charge is 0.339 e. The number of aromatic nitrogens is 2. The summed E-state index contributed by atoms with van der Waals surface area (Å²) in [6.07, 6.45) is 1.77. The number of nitrogens with zero attached hydrogens (tertiary/aromatic N) is 3. The SMILES string of the molecule is CCNC(=O)NC1CC2CN(Cc3ccccc3)CC2(c2nc(C)no2)C1. The summed E-state index contributed by atoms with van der Waals surface area (Å²) in [5.74, 6) is 1.79. The van der Waals surface area contributed by atoms with Gasteiger partial charge in [0.1, 0.15) is 0 Å². The number of likely N-dealkylation sites (tertiary alicyclic amines) is 1. The molecule has 2 heterocycles. The Bertz CT molecular complexity index is 793. The lowest BCUT2D eigenvalue weighted by Gasteiger charge is -2.25. The van der Waals surface area contributed by atoms with Gasteiger partial charge in [0, 0.05) is 32.2 Å². The normalized spacial score (nSPS) is 27.5. The van der Waals surface area contributed by atoms with Crippen LogP contribution in [0.25, 0.3) is 0 Å². The summed E-state index contributed by atoms with van der Waals surface area (Å²) in [4.78, 5) is 19.0. The van der Waals surface area contributed by atoms with Crippen LogP contribution in [0.5, 0.6) is 0 Å². The Morgan fingerprint density at radius 3 is 2.89 bits per heavy atom. The van der Waals surface area contributed by atoms with Gasteiger partial charge in [-0.2, -0.15) is 4.98 Å². The van der Waals surface area contributed by atoms with Crippen molar-refractivity contribution in [1.82, 2.24) is 25.7 Å². The summed E-state index contributed by atoms with van der Waals surface area (Å²) in [6.45, 7) is 7.18. The predicted molar refractivity (Wildman–Crippen MR) is 101 cm³/mol. The molecule has 1 aromatic carbocycles. The Hall–Kier alpha value is -2.41. The van der Waals surface area contributed by atoms with Gasteiger partial charge in [-0.1, -0.05) is 35.5 Å². The molecule has 2 amide bonds. The fourth-order valence-corrected chi connectivity index (χ4v) is 4.77. The molecule has 1 aromatic heterocycles. The number of urea groups is 1. The molecule has 0 bridgehead atoms. The van der Waals surface area contributed by atoms with Crippen LogP contribution in [0.1, 0.15) is 37.0 Å². The molecule has 2 fully saturated rings. The second-order valence-electron chi connectivity index (χ2n) is 7.80. The Morgan fingerprint density at radius 1 is 1.37 bits per heavy atom. The quantitative estimate of drug-likeness (QED) is 0.844. The molecule has 1 saturated heterocycles. The molecule has 3 atom stereocenters. The summed E-state index contributed by atoms with van der Waals surface area (Å²) in [7, 11) is 0. The van der Waals surface area contributed by atoms with Crippen molar-refractivity contribution in [3.63, 3.8) is 0 Å². The van der Waals surface area contributed by atoms with E-state index in [2.05, 4.69) is 49.9 Å². The van der Waals surface area contributed by atoms with Gasteiger partial charge in [0.15, 0.2) is 5.82 Å². The van der Waals surface area contributed by atoms with Crippen LogP contribution in [-0.2, 0) is 12.0 Å². The van der Waals surface area contributed by atoms with E-state index in [1.54, 1.807) is 0 Å². The Labute approximate surface area is 159 Å². The van der Waals surface area contributed by atoms with Crippen molar-refractivity contribution in [2.24, 2.45) is 5.92 Å². The van der Waals surface area contributed by atoms with Gasteiger partial charge < -0.3 is 15.2 Å². The van der Waals surface area contributed by atoms with Crippen molar-refractivity contribution in [2.75, 3.05) is 19.6 Å². The maximum Gasteiger partial charge on any atom is 0.314 e. The molecular weight excluding hydrogens is 342 g/mol. The molecule has 2 aromatic rings. The Morgan fingerprint density at radius 2 is 2.19 bits per heavy atom. The lowest BCUT2D eigenvalue weighted by molar-refractivity contribution is 0.228. The summed E-state index contributed by atoms with van der Waals surface area (Å²) < 4.78 is 5.64. The second kappa shape index (κ2) is 7.31. The molecule has 27 heavy (non-hydrogen) atoms. The summed E-state index contributed by atoms with van der Waals surface area (Å²) >= 11 is 0. The van der Waals surface area contributed by atoms with Crippen LogP contribution in [0, 0.1) is 12.8 Å². The highest BCUT2D eigenvalue weighted by molar-refractivity contribution is 5.74. The highest BCUT2D eigenvalue weighted by Gasteiger charge is 2.57. The minimum Gasteiger partial charge on any atom is -0.339 e. The number of fused-ring (bicyclic) bond motifs is 1. The summed E-state index contributed by atoms with van der Waals surface area (Å²) in [5.41, 5.74) is 1.13. The fraction of sp³-hybridized carbons (Fsp3) is 0.550. The molecular formula is C20H27N5O2. The van der Waals surface area contributed by atoms with Gasteiger partial charge in [-0.05, 0) is 38.2 Å². The van der Waals surface area contributed by atoms with Crippen LogP contribution < -0.4 is 10.6 Å². The molecule has 4 rings (SSSR count). The highest BCUT2D eigenvalue weighted by Crippen LogP contribution is 2.50. The smallest absolute Gasteiger partial charge is 0.314 e. The van der Waals surface area contributed by atoms with Crippen LogP contribution in [-0.4, -0.2) is 46.7 Å². The molecule has 2 N–H and O–H groups in total. The molecule has 2 aliphatic rings. The first-order valence-electron chi connectivity index (χ1n) is 9.70. The van der Waals surface area contributed by atoms with Crippen LogP contribution in [0.15, 0.2) is 34.9 Å². The Balaban J connectivity index is 1.53. The van der Waals surface area contributed by atoms with E-state index < -0.39 is 0 Å². The van der Waals surface area contributed by atoms with Gasteiger partial charge in [-0.15, -0.1) is 0 Å². The fourth-order valence-electron chi connectivity index (χ4n) is 4.77. The number of amides is 2. The van der Waals surface area contributed by atoms with E-state index in [1.807, 2.05) is 19.9 Å². The summed E-state index contributed by atoms with van der Waals surface area (Å²) in [6, 6.07) is 10.6. The number of benzene rings is 1. The average molecular weight is 369 g/mol. The minimum absolute atomic E-state index is 0.0968. The van der Waals surface area contributed by atoms with E-state index >= 15 is 0 Å². The highest BCUT2D eigenvalue weighted by atomic mass is 16.5. The molecule has 3 unspecified atom stereocenters. The number of hydrogen-bond donors (Lipinski definition) is 2. The number of nitrogens with one attached hydrogen (secondary N) is 2. The zero-order chi connectivity index (χ0) is 18.9. The van der Waals surface area contributed by atoms with Gasteiger partial charge in [-0.25, -0.2) is 4.79 Å². The van der Waals surface area contributed by atoms with Crippen molar-refractivity contribution in [3.05, 3.63) is 47.6 Å². The molecule has 0 radical (unpaired) electrons. The van der Waals surface area contributed by atoms with Gasteiger partial charge in [0.2, 0.25) is 5.89 Å². The molecule has 0 spiro atoms. The van der Waals surface area contributed by atoms with Crippen molar-refractivity contribution < 1.29 is 9.32 Å². The number of rotatable bonds is 5. The predicted octanol–water partition coefficient (Wildman–Crippen LogP) is 2.23. The second-order valence-corrected chi connectivity index (χ2v) is 7.80. The molecule has 7 heteroatoms. The number of aryl methyl sites for hydroxylation is 1. The zero-order valence-electron chi connectivity index (χ0n) is 15.9. The van der Waals surface area contributed by atoms with Crippen molar-refractivity contribution in [3.8, 4) is 0 Å². The monoisotopic (exact) mass is 369 g/mol. The van der Waals surface area contributed by atoms with E-state index in [4.69, 9.17) is 4.52 Å². The first-order chi connectivity index (χ1) is 13.1. The van der Waals surface area contributed by atoms with Gasteiger partial charge >= 0.3 is 6.03 Å². The van der Waals surface area contributed by atoms with Gasteiger partial charge in [0.25, 0.3) is 0 Å². The number of hydrogen-bond acceptors (Lipinski definition) is 5. The van der Waals surface area contributed by atoms with Crippen molar-refractivity contribution in [2.45, 2.75) is 44.7 Å².